The SMILES string of the molecule is CCC(C)C(NC(=O)C(F)(F)F)C(=O)N1C[C@H]2[C@@H]([C@H]1C(=O)NN(C[C@H]1CCCNC1=O)C(=O)C(F)Cl)C2(C)C. The number of halogens is 5. The quantitative estimate of drug-likeness (QED) is 0.227. The second kappa shape index (κ2) is 11.5. The summed E-state index contributed by atoms with van der Waals surface area (Å²) < 4.78 is 52.8. The second-order valence-electron chi connectivity index (χ2n) is 11.1. The van der Waals surface area contributed by atoms with Crippen LogP contribution in [0, 0.1) is 29.1 Å². The average molecular weight is 584 g/mol. The highest BCUT2D eigenvalue weighted by Crippen LogP contribution is 2.65. The van der Waals surface area contributed by atoms with Crippen molar-refractivity contribution in [2.24, 2.45) is 29.1 Å². The highest BCUT2D eigenvalue weighted by atomic mass is 35.5. The Hall–Kier alpha value is -2.64. The fourth-order valence-corrected chi connectivity index (χ4v) is 5.75. The van der Waals surface area contributed by atoms with E-state index in [1.165, 1.54) is 6.92 Å². The number of likely N-dealkylation sites (tertiary alicyclic amines) is 1. The maximum absolute atomic E-state index is 13.8. The Bertz CT molecular complexity index is 1010. The van der Waals surface area contributed by atoms with Crippen LogP contribution in [0.5, 0.6) is 0 Å². The normalized spacial score (nSPS) is 27.9. The molecule has 3 N–H and O–H groups in total. The summed E-state index contributed by atoms with van der Waals surface area (Å²) in [4.78, 5) is 64.6. The van der Waals surface area contributed by atoms with Crippen LogP contribution >= 0.6 is 11.6 Å². The van der Waals surface area contributed by atoms with Crippen molar-refractivity contribution in [3.63, 3.8) is 0 Å². The molecule has 1 saturated carbocycles. The Labute approximate surface area is 228 Å². The van der Waals surface area contributed by atoms with Crippen LogP contribution in [0.15, 0.2) is 0 Å². The van der Waals surface area contributed by atoms with Crippen LogP contribution in [-0.4, -0.2) is 83.0 Å². The minimum atomic E-state index is -5.21. The van der Waals surface area contributed by atoms with Crippen LogP contribution in [0.3, 0.4) is 0 Å². The van der Waals surface area contributed by atoms with Gasteiger partial charge in [0.05, 0.1) is 12.5 Å². The van der Waals surface area contributed by atoms with E-state index < -0.39 is 70.7 Å². The van der Waals surface area contributed by atoms with Gasteiger partial charge in [-0.2, -0.15) is 13.2 Å². The third-order valence-electron chi connectivity index (χ3n) is 8.28. The maximum atomic E-state index is 13.8. The lowest BCUT2D eigenvalue weighted by atomic mass is 9.95. The summed E-state index contributed by atoms with van der Waals surface area (Å²) in [6, 6.07) is -2.77. The van der Waals surface area contributed by atoms with Gasteiger partial charge in [-0.25, -0.2) is 9.40 Å². The summed E-state index contributed by atoms with van der Waals surface area (Å²) in [6.45, 7) is 7.01. The minimum absolute atomic E-state index is 0.0453. The predicted molar refractivity (Wildman–Crippen MR) is 130 cm³/mol. The van der Waals surface area contributed by atoms with E-state index in [4.69, 9.17) is 11.6 Å². The van der Waals surface area contributed by atoms with E-state index in [0.29, 0.717) is 24.4 Å². The van der Waals surface area contributed by atoms with Crippen LogP contribution in [0.1, 0.15) is 47.0 Å². The van der Waals surface area contributed by atoms with Crippen LogP contribution in [0.4, 0.5) is 17.6 Å². The zero-order valence-corrected chi connectivity index (χ0v) is 22.9. The van der Waals surface area contributed by atoms with Gasteiger partial charge >= 0.3 is 12.1 Å². The first-order valence-electron chi connectivity index (χ1n) is 12.9. The molecule has 0 aromatic carbocycles. The number of piperidine rings is 2. The zero-order chi connectivity index (χ0) is 29.4. The van der Waals surface area contributed by atoms with Crippen molar-refractivity contribution in [1.82, 2.24) is 26.0 Å². The lowest BCUT2D eigenvalue weighted by molar-refractivity contribution is -0.175. The van der Waals surface area contributed by atoms with Crippen molar-refractivity contribution in [3.05, 3.63) is 0 Å². The molecular formula is C24H34ClF4N5O5. The van der Waals surface area contributed by atoms with Crippen LogP contribution in [0.2, 0.25) is 0 Å². The molecule has 5 amide bonds. The molecule has 3 aliphatic rings. The number of fused-ring (bicyclic) bond motifs is 1. The van der Waals surface area contributed by atoms with E-state index in [9.17, 15) is 41.5 Å². The summed E-state index contributed by atoms with van der Waals surface area (Å²) in [5.41, 5.74) is -0.600. The molecule has 1 aliphatic carbocycles. The number of carbonyl (C=O) groups excluding carboxylic acids is 5. The molecule has 0 aromatic heterocycles. The largest absolute Gasteiger partial charge is 0.471 e. The zero-order valence-electron chi connectivity index (χ0n) is 22.1. The van der Waals surface area contributed by atoms with Crippen molar-refractivity contribution >= 4 is 41.1 Å². The number of rotatable bonds is 8. The summed E-state index contributed by atoms with van der Waals surface area (Å²) in [6.07, 6.45) is -3.96. The highest BCUT2D eigenvalue weighted by Gasteiger charge is 2.70. The van der Waals surface area contributed by atoms with Crippen molar-refractivity contribution < 1.29 is 41.5 Å². The van der Waals surface area contributed by atoms with Crippen molar-refractivity contribution in [2.45, 2.75) is 70.8 Å². The van der Waals surface area contributed by atoms with Gasteiger partial charge in [0.25, 0.3) is 17.4 Å². The van der Waals surface area contributed by atoms with E-state index in [1.54, 1.807) is 12.2 Å². The number of nitrogens with zero attached hydrogens (tertiary/aromatic N) is 2. The molecule has 0 radical (unpaired) electrons. The van der Waals surface area contributed by atoms with Crippen molar-refractivity contribution in [1.29, 1.82) is 0 Å². The molecular weight excluding hydrogens is 550 g/mol. The molecule has 39 heavy (non-hydrogen) atoms. The molecule has 2 heterocycles. The van der Waals surface area contributed by atoms with E-state index in [2.05, 4.69) is 10.7 Å². The van der Waals surface area contributed by atoms with E-state index in [1.807, 2.05) is 13.8 Å². The molecule has 2 saturated heterocycles. The average Bonchev–Trinajstić information content (AvgIpc) is 3.17. The van der Waals surface area contributed by atoms with Gasteiger partial charge in [-0.15, -0.1) is 0 Å². The number of alkyl halides is 5. The van der Waals surface area contributed by atoms with Gasteiger partial charge in [-0.3, -0.25) is 29.4 Å². The number of carbonyl (C=O) groups is 5. The number of amides is 5. The third-order valence-corrected chi connectivity index (χ3v) is 8.47. The molecule has 0 bridgehead atoms. The van der Waals surface area contributed by atoms with Gasteiger partial charge in [0.2, 0.25) is 11.8 Å². The molecule has 0 aromatic rings. The van der Waals surface area contributed by atoms with E-state index in [0.717, 1.165) is 4.90 Å². The smallest absolute Gasteiger partial charge is 0.356 e. The summed E-state index contributed by atoms with van der Waals surface area (Å²) in [5, 5.41) is 5.02. The van der Waals surface area contributed by atoms with E-state index >= 15 is 0 Å². The van der Waals surface area contributed by atoms with Gasteiger partial charge in [-0.05, 0) is 36.0 Å². The maximum Gasteiger partial charge on any atom is 0.471 e. The van der Waals surface area contributed by atoms with Gasteiger partial charge in [0.1, 0.15) is 12.1 Å². The Morgan fingerprint density at radius 2 is 1.90 bits per heavy atom. The van der Waals surface area contributed by atoms with Gasteiger partial charge < -0.3 is 15.5 Å². The standard InChI is InChI=1S/C24H34ClF4N5O5/c1-5-11(2)15(31-22(39)24(27,28)29)20(37)33-10-13-14(23(13,3)4)16(33)19(36)32-34(21(38)17(25)26)9-12-7-6-8-30-18(12)35/h11-17H,5-10H2,1-4H3,(H,30,35)(H,31,39)(H,32,36)/t11?,12-,13+,14+,15?,16+,17?/m1/s1. The molecule has 3 fully saturated rings. The Morgan fingerprint density at radius 3 is 2.44 bits per heavy atom. The molecule has 2 aliphatic heterocycles. The van der Waals surface area contributed by atoms with Gasteiger partial charge in [-0.1, -0.05) is 45.7 Å². The van der Waals surface area contributed by atoms with E-state index in [-0.39, 0.29) is 31.3 Å². The van der Waals surface area contributed by atoms with Crippen LogP contribution in [0.25, 0.3) is 0 Å². The molecule has 0 spiro atoms. The topological polar surface area (TPSA) is 128 Å². The van der Waals surface area contributed by atoms with Crippen LogP contribution in [-0.2, 0) is 24.0 Å². The lowest BCUT2D eigenvalue weighted by Gasteiger charge is -2.36. The minimum Gasteiger partial charge on any atom is -0.356 e. The van der Waals surface area contributed by atoms with Crippen molar-refractivity contribution in [3.8, 4) is 0 Å². The van der Waals surface area contributed by atoms with Gasteiger partial charge in [0.15, 0.2) is 0 Å². The van der Waals surface area contributed by atoms with Crippen molar-refractivity contribution in [2.75, 3.05) is 19.6 Å². The lowest BCUT2D eigenvalue weighted by Crippen LogP contribution is -2.61. The first kappa shape index (κ1) is 30.9. The summed E-state index contributed by atoms with van der Waals surface area (Å²) >= 11 is 5.35. The molecule has 220 valence electrons. The number of hydrogen-bond acceptors (Lipinski definition) is 5. The Balaban J connectivity index is 1.86. The number of hydrazine groups is 1. The predicted octanol–water partition coefficient (Wildman–Crippen LogP) is 1.48. The number of nitrogens with one attached hydrogen (secondary N) is 3. The molecule has 10 nitrogen and oxygen atoms in total. The second-order valence-corrected chi connectivity index (χ2v) is 11.5. The van der Waals surface area contributed by atoms with Gasteiger partial charge in [0, 0.05) is 13.1 Å². The first-order valence-corrected chi connectivity index (χ1v) is 13.3. The number of hydrogen-bond donors (Lipinski definition) is 3. The summed E-state index contributed by atoms with van der Waals surface area (Å²) in [7, 11) is 0. The fraction of sp³-hybridized carbons (Fsp3) is 0.792. The molecule has 15 heteroatoms. The third kappa shape index (κ3) is 6.41. The Morgan fingerprint density at radius 1 is 1.26 bits per heavy atom. The summed E-state index contributed by atoms with van der Waals surface area (Å²) in [5.74, 6) is -7.68. The first-order chi connectivity index (χ1) is 18.0. The van der Waals surface area contributed by atoms with Crippen LogP contribution < -0.4 is 16.1 Å². The fourth-order valence-electron chi connectivity index (χ4n) is 5.64. The molecule has 3 rings (SSSR count). The highest BCUT2D eigenvalue weighted by molar-refractivity contribution is 6.29. The Kier molecular flexibility index (Phi) is 9.08. The molecule has 3 unspecified atom stereocenters. The monoisotopic (exact) mass is 583 g/mol. The molecule has 7 atom stereocenters.